The Morgan fingerprint density at radius 1 is 1.21 bits per heavy atom. The van der Waals surface area contributed by atoms with Crippen molar-refractivity contribution in [2.75, 3.05) is 0 Å². The minimum Gasteiger partial charge on any atom is -0.744 e. The van der Waals surface area contributed by atoms with E-state index in [2.05, 4.69) is 9.97 Å². The molecule has 2 rings (SSSR count). The molecular formula is C7H5N2O3S2-. The van der Waals surface area contributed by atoms with Crippen LogP contribution >= 0.6 is 12.2 Å². The van der Waals surface area contributed by atoms with Crippen LogP contribution < -0.4 is 0 Å². The van der Waals surface area contributed by atoms with Gasteiger partial charge in [-0.05, 0) is 30.4 Å². The highest BCUT2D eigenvalue weighted by Gasteiger charge is 2.03. The molecule has 0 radical (unpaired) electrons. The highest BCUT2D eigenvalue weighted by molar-refractivity contribution is 7.85. The highest BCUT2D eigenvalue weighted by atomic mass is 32.2. The third-order valence-electron chi connectivity index (χ3n) is 1.78. The zero-order valence-electron chi connectivity index (χ0n) is 6.77. The quantitative estimate of drug-likeness (QED) is 0.566. The van der Waals surface area contributed by atoms with Gasteiger partial charge in [0.15, 0.2) is 4.77 Å². The molecule has 2 aromatic rings. The van der Waals surface area contributed by atoms with Crippen LogP contribution in [0.5, 0.6) is 0 Å². The Bertz CT molecular complexity index is 638. The summed E-state index contributed by atoms with van der Waals surface area (Å²) < 4.78 is 32.4. The number of hydrogen-bond donors (Lipinski definition) is 2. The summed E-state index contributed by atoms with van der Waals surface area (Å²) >= 11 is 4.81. The van der Waals surface area contributed by atoms with Crippen molar-refractivity contribution >= 4 is 33.4 Å². The molecule has 1 aromatic heterocycles. The zero-order valence-corrected chi connectivity index (χ0v) is 8.41. The van der Waals surface area contributed by atoms with Crippen molar-refractivity contribution in [1.29, 1.82) is 0 Å². The summed E-state index contributed by atoms with van der Waals surface area (Å²) in [5.74, 6) is 0. The van der Waals surface area contributed by atoms with Gasteiger partial charge >= 0.3 is 0 Å². The van der Waals surface area contributed by atoms with Crippen LogP contribution in [-0.2, 0) is 10.1 Å². The lowest BCUT2D eigenvalue weighted by Crippen LogP contribution is -1.97. The van der Waals surface area contributed by atoms with Crippen LogP contribution in [0.4, 0.5) is 0 Å². The monoisotopic (exact) mass is 229 g/mol. The smallest absolute Gasteiger partial charge is 0.175 e. The molecule has 0 spiro atoms. The van der Waals surface area contributed by atoms with Crippen molar-refractivity contribution in [3.63, 3.8) is 0 Å². The van der Waals surface area contributed by atoms with E-state index in [4.69, 9.17) is 12.2 Å². The summed E-state index contributed by atoms with van der Waals surface area (Å²) in [7, 11) is -4.40. The van der Waals surface area contributed by atoms with E-state index in [1.54, 1.807) is 0 Å². The summed E-state index contributed by atoms with van der Waals surface area (Å²) in [6.07, 6.45) is 0. The zero-order chi connectivity index (χ0) is 10.3. The summed E-state index contributed by atoms with van der Waals surface area (Å²) in [5.41, 5.74) is 1.18. The summed E-state index contributed by atoms with van der Waals surface area (Å²) in [6, 6.07) is 3.99. The number of H-pyrrole nitrogens is 2. The fourth-order valence-corrected chi connectivity index (χ4v) is 1.88. The average molecular weight is 229 g/mol. The lowest BCUT2D eigenvalue weighted by atomic mass is 10.3. The third kappa shape index (κ3) is 1.57. The van der Waals surface area contributed by atoms with Crippen molar-refractivity contribution in [3.05, 3.63) is 23.0 Å². The normalized spacial score (nSPS) is 12.1. The molecule has 1 heterocycles. The summed E-state index contributed by atoms with van der Waals surface area (Å²) in [6.45, 7) is 0. The van der Waals surface area contributed by atoms with E-state index in [1.165, 1.54) is 18.2 Å². The van der Waals surface area contributed by atoms with Crippen molar-refractivity contribution in [2.45, 2.75) is 4.90 Å². The number of imidazole rings is 1. The highest BCUT2D eigenvalue weighted by Crippen LogP contribution is 2.15. The molecule has 0 aliphatic carbocycles. The van der Waals surface area contributed by atoms with Gasteiger partial charge in [0.25, 0.3) is 0 Å². The maximum absolute atomic E-state index is 10.7. The largest absolute Gasteiger partial charge is 0.744 e. The van der Waals surface area contributed by atoms with Crippen LogP contribution in [0.15, 0.2) is 23.1 Å². The number of fused-ring (bicyclic) bond motifs is 1. The van der Waals surface area contributed by atoms with Gasteiger partial charge in [-0.25, -0.2) is 8.42 Å². The van der Waals surface area contributed by atoms with Gasteiger partial charge in [-0.15, -0.1) is 0 Å². The molecule has 0 saturated heterocycles. The van der Waals surface area contributed by atoms with Crippen LogP contribution in [0.1, 0.15) is 0 Å². The van der Waals surface area contributed by atoms with Crippen molar-refractivity contribution in [1.82, 2.24) is 9.97 Å². The average Bonchev–Trinajstić information content (AvgIpc) is 2.41. The van der Waals surface area contributed by atoms with Gasteiger partial charge in [0.1, 0.15) is 10.1 Å². The second-order valence-electron chi connectivity index (χ2n) is 2.74. The van der Waals surface area contributed by atoms with E-state index in [1.807, 2.05) is 0 Å². The topological polar surface area (TPSA) is 88.8 Å². The minimum atomic E-state index is -4.40. The van der Waals surface area contributed by atoms with Gasteiger partial charge in [0.05, 0.1) is 15.9 Å². The van der Waals surface area contributed by atoms with E-state index < -0.39 is 10.1 Å². The predicted molar refractivity (Wildman–Crippen MR) is 51.4 cm³/mol. The Kier molecular flexibility index (Phi) is 1.95. The summed E-state index contributed by atoms with van der Waals surface area (Å²) in [4.78, 5) is 5.26. The fourth-order valence-electron chi connectivity index (χ4n) is 1.17. The molecule has 0 aliphatic heterocycles. The number of aromatic amines is 2. The first kappa shape index (κ1) is 9.38. The van der Waals surface area contributed by atoms with Crippen molar-refractivity contribution in [2.24, 2.45) is 0 Å². The lowest BCUT2D eigenvalue weighted by Gasteiger charge is -2.05. The van der Waals surface area contributed by atoms with Crippen LogP contribution in [0, 0.1) is 4.77 Å². The van der Waals surface area contributed by atoms with Gasteiger partial charge in [-0.1, -0.05) is 0 Å². The van der Waals surface area contributed by atoms with Gasteiger partial charge in [0, 0.05) is 0 Å². The van der Waals surface area contributed by atoms with E-state index in [9.17, 15) is 13.0 Å². The van der Waals surface area contributed by atoms with Crippen LogP contribution in [0.3, 0.4) is 0 Å². The first-order valence-electron chi connectivity index (χ1n) is 3.65. The molecule has 0 atom stereocenters. The number of hydrogen-bond acceptors (Lipinski definition) is 4. The molecule has 0 unspecified atom stereocenters. The van der Waals surface area contributed by atoms with Gasteiger partial charge < -0.3 is 14.5 Å². The molecule has 0 fully saturated rings. The molecule has 2 N–H and O–H groups in total. The molecule has 74 valence electrons. The van der Waals surface area contributed by atoms with Gasteiger partial charge in [-0.2, -0.15) is 0 Å². The number of nitrogens with one attached hydrogen (secondary N) is 2. The van der Waals surface area contributed by atoms with E-state index in [0.717, 1.165) is 0 Å². The fraction of sp³-hybridized carbons (Fsp3) is 0. The maximum Gasteiger partial charge on any atom is 0.175 e. The second kappa shape index (κ2) is 2.91. The second-order valence-corrected chi connectivity index (χ2v) is 4.53. The number of aromatic nitrogens is 2. The van der Waals surface area contributed by atoms with Gasteiger partial charge in [0.2, 0.25) is 0 Å². The van der Waals surface area contributed by atoms with E-state index in [-0.39, 0.29) is 4.90 Å². The first-order chi connectivity index (χ1) is 6.47. The maximum atomic E-state index is 10.7. The molecule has 0 aliphatic rings. The molecule has 7 heteroatoms. The Morgan fingerprint density at radius 2 is 1.86 bits per heavy atom. The standard InChI is InChI=1S/C7H6N2O3S2/c10-14(11,12)4-1-2-5-6(3-4)9-7(13)8-5/h1-3H,(H2,8,9,13)(H,10,11,12)/p-1. The van der Waals surface area contributed by atoms with Crippen LogP contribution in [0.25, 0.3) is 11.0 Å². The van der Waals surface area contributed by atoms with Gasteiger partial charge in [-0.3, -0.25) is 0 Å². The first-order valence-corrected chi connectivity index (χ1v) is 5.46. The van der Waals surface area contributed by atoms with Crippen molar-refractivity contribution in [3.8, 4) is 0 Å². The van der Waals surface area contributed by atoms with E-state index in [0.29, 0.717) is 15.8 Å². The van der Waals surface area contributed by atoms with Crippen LogP contribution in [0.2, 0.25) is 0 Å². The summed E-state index contributed by atoms with van der Waals surface area (Å²) in [5, 5.41) is 0. The molecular weight excluding hydrogens is 224 g/mol. The SMILES string of the molecule is O=S(=O)([O-])c1ccc2[nH]c(=S)[nH]c2c1. The Balaban J connectivity index is 2.80. The molecule has 0 saturated carbocycles. The lowest BCUT2D eigenvalue weighted by molar-refractivity contribution is 0.463. The van der Waals surface area contributed by atoms with Crippen LogP contribution in [-0.4, -0.2) is 22.9 Å². The molecule has 1 aromatic carbocycles. The minimum absolute atomic E-state index is 0.268. The number of rotatable bonds is 1. The Morgan fingerprint density at radius 3 is 2.50 bits per heavy atom. The predicted octanol–water partition coefficient (Wildman–Crippen LogP) is 1.13. The Labute approximate surface area is 84.5 Å². The Hall–Kier alpha value is -1.18. The molecule has 14 heavy (non-hydrogen) atoms. The number of benzene rings is 1. The van der Waals surface area contributed by atoms with Crippen molar-refractivity contribution < 1.29 is 13.0 Å². The van der Waals surface area contributed by atoms with E-state index >= 15 is 0 Å². The molecule has 0 bridgehead atoms. The molecule has 5 nitrogen and oxygen atoms in total. The molecule has 0 amide bonds. The third-order valence-corrected chi connectivity index (χ3v) is 2.81.